The van der Waals surface area contributed by atoms with Gasteiger partial charge in [-0.1, -0.05) is 0 Å². The molecule has 1 aliphatic heterocycles. The van der Waals surface area contributed by atoms with Gasteiger partial charge in [-0.2, -0.15) is 0 Å². The van der Waals surface area contributed by atoms with Crippen molar-refractivity contribution >= 4 is 5.82 Å². The van der Waals surface area contributed by atoms with Gasteiger partial charge in [-0.3, -0.25) is 4.79 Å². The molecule has 15 heavy (non-hydrogen) atoms. The van der Waals surface area contributed by atoms with Gasteiger partial charge in [0.25, 0.3) is 5.56 Å². The summed E-state index contributed by atoms with van der Waals surface area (Å²) in [6.45, 7) is 3.21. The highest BCUT2D eigenvalue weighted by Gasteiger charge is 2.11. The van der Waals surface area contributed by atoms with Crippen molar-refractivity contribution in [3.8, 4) is 0 Å². The van der Waals surface area contributed by atoms with E-state index in [1.165, 1.54) is 4.57 Å². The predicted octanol–water partition coefficient (Wildman–Crippen LogP) is 0.00700. The molecule has 2 rings (SSSR count). The second kappa shape index (κ2) is 4.44. The van der Waals surface area contributed by atoms with Crippen LogP contribution in [0, 0.1) is 0 Å². The van der Waals surface area contributed by atoms with Crippen molar-refractivity contribution in [3.63, 3.8) is 0 Å². The van der Waals surface area contributed by atoms with E-state index < -0.39 is 0 Å². The Morgan fingerprint density at radius 3 is 3.07 bits per heavy atom. The minimum atomic E-state index is -0.0230. The quantitative estimate of drug-likeness (QED) is 0.653. The van der Waals surface area contributed by atoms with E-state index >= 15 is 0 Å². The third kappa shape index (κ3) is 2.36. The van der Waals surface area contributed by atoms with Crippen molar-refractivity contribution in [2.75, 3.05) is 31.2 Å². The molecule has 0 spiro atoms. The minimum Gasteiger partial charge on any atom is -0.380 e. The van der Waals surface area contributed by atoms with Gasteiger partial charge in [0.2, 0.25) is 0 Å². The number of nitrogens with zero attached hydrogens (tertiary/aromatic N) is 3. The monoisotopic (exact) mass is 209 g/mol. The second-order valence-electron chi connectivity index (χ2n) is 3.65. The average molecular weight is 209 g/mol. The molecule has 82 valence electrons. The van der Waals surface area contributed by atoms with Gasteiger partial charge in [0, 0.05) is 32.8 Å². The molecule has 0 radical (unpaired) electrons. The highest BCUT2D eigenvalue weighted by molar-refractivity contribution is 5.36. The fraction of sp³-hybridized carbons (Fsp3) is 0.600. The number of anilines is 1. The molecule has 5 nitrogen and oxygen atoms in total. The van der Waals surface area contributed by atoms with Crippen molar-refractivity contribution in [1.29, 1.82) is 0 Å². The first kappa shape index (κ1) is 10.2. The zero-order valence-electron chi connectivity index (χ0n) is 8.85. The van der Waals surface area contributed by atoms with E-state index in [1.807, 2.05) is 0 Å². The molecule has 1 aromatic heterocycles. The lowest BCUT2D eigenvalue weighted by atomic mass is 10.4. The van der Waals surface area contributed by atoms with E-state index in [1.54, 1.807) is 19.4 Å². The van der Waals surface area contributed by atoms with Crippen molar-refractivity contribution in [3.05, 3.63) is 22.7 Å². The largest absolute Gasteiger partial charge is 0.380 e. The maximum atomic E-state index is 11.4. The minimum absolute atomic E-state index is 0.0230. The van der Waals surface area contributed by atoms with Crippen molar-refractivity contribution in [2.45, 2.75) is 6.42 Å². The van der Waals surface area contributed by atoms with Crippen LogP contribution in [-0.4, -0.2) is 35.9 Å². The molecule has 0 unspecified atom stereocenters. The molecule has 1 fully saturated rings. The number of ether oxygens (including phenoxy) is 1. The summed E-state index contributed by atoms with van der Waals surface area (Å²) >= 11 is 0. The molecule has 0 amide bonds. The first-order chi connectivity index (χ1) is 7.27. The lowest BCUT2D eigenvalue weighted by molar-refractivity contribution is 0.152. The molecule has 1 aromatic rings. The van der Waals surface area contributed by atoms with Gasteiger partial charge in [-0.15, -0.1) is 0 Å². The van der Waals surface area contributed by atoms with Crippen molar-refractivity contribution in [2.24, 2.45) is 7.05 Å². The Balaban J connectivity index is 2.20. The third-order valence-electron chi connectivity index (χ3n) is 2.51. The van der Waals surface area contributed by atoms with Gasteiger partial charge >= 0.3 is 0 Å². The molecule has 2 heterocycles. The van der Waals surface area contributed by atoms with Gasteiger partial charge in [-0.25, -0.2) is 4.98 Å². The van der Waals surface area contributed by atoms with Gasteiger partial charge < -0.3 is 14.2 Å². The molecular formula is C10H15N3O2. The lowest BCUT2D eigenvalue weighted by Gasteiger charge is -2.20. The maximum Gasteiger partial charge on any atom is 0.255 e. The number of aryl methyl sites for hydroxylation is 1. The van der Waals surface area contributed by atoms with Gasteiger partial charge in [0.15, 0.2) is 0 Å². The Labute approximate surface area is 88.3 Å². The van der Waals surface area contributed by atoms with E-state index in [4.69, 9.17) is 4.74 Å². The van der Waals surface area contributed by atoms with Crippen LogP contribution in [0.25, 0.3) is 0 Å². The van der Waals surface area contributed by atoms with Gasteiger partial charge in [-0.05, 0) is 6.42 Å². The van der Waals surface area contributed by atoms with E-state index in [9.17, 15) is 4.79 Å². The molecule has 1 saturated heterocycles. The van der Waals surface area contributed by atoms with Crippen LogP contribution in [0.1, 0.15) is 6.42 Å². The van der Waals surface area contributed by atoms with Crippen LogP contribution in [0.3, 0.4) is 0 Å². The summed E-state index contributed by atoms with van der Waals surface area (Å²) in [5, 5.41) is 0. The Bertz CT molecular complexity index is 380. The SMILES string of the molecule is Cn1cnc(N2CCCOCC2)cc1=O. The molecule has 0 N–H and O–H groups in total. The predicted molar refractivity (Wildman–Crippen MR) is 57.1 cm³/mol. The van der Waals surface area contributed by atoms with E-state index in [-0.39, 0.29) is 5.56 Å². The molecular weight excluding hydrogens is 194 g/mol. The molecule has 0 saturated carbocycles. The van der Waals surface area contributed by atoms with Crippen molar-refractivity contribution < 1.29 is 4.74 Å². The summed E-state index contributed by atoms with van der Waals surface area (Å²) < 4.78 is 6.82. The number of aromatic nitrogens is 2. The van der Waals surface area contributed by atoms with Gasteiger partial charge in [0.05, 0.1) is 12.9 Å². The van der Waals surface area contributed by atoms with Crippen LogP contribution in [0.4, 0.5) is 5.82 Å². The fourth-order valence-corrected chi connectivity index (χ4v) is 1.60. The van der Waals surface area contributed by atoms with E-state index in [2.05, 4.69) is 9.88 Å². The maximum absolute atomic E-state index is 11.4. The lowest BCUT2D eigenvalue weighted by Crippen LogP contribution is -2.29. The van der Waals surface area contributed by atoms with Crippen LogP contribution in [0.5, 0.6) is 0 Å². The zero-order valence-corrected chi connectivity index (χ0v) is 8.85. The van der Waals surface area contributed by atoms with Crippen LogP contribution in [-0.2, 0) is 11.8 Å². The summed E-state index contributed by atoms with van der Waals surface area (Å²) in [5.74, 6) is 0.753. The Morgan fingerprint density at radius 2 is 2.27 bits per heavy atom. The smallest absolute Gasteiger partial charge is 0.255 e. The number of rotatable bonds is 1. The van der Waals surface area contributed by atoms with Crippen molar-refractivity contribution in [1.82, 2.24) is 9.55 Å². The number of hydrogen-bond donors (Lipinski definition) is 0. The van der Waals surface area contributed by atoms with E-state index in [0.29, 0.717) is 6.61 Å². The van der Waals surface area contributed by atoms with Crippen LogP contribution < -0.4 is 10.5 Å². The first-order valence-electron chi connectivity index (χ1n) is 5.13. The van der Waals surface area contributed by atoms with Crippen LogP contribution >= 0.6 is 0 Å². The first-order valence-corrected chi connectivity index (χ1v) is 5.13. The highest BCUT2D eigenvalue weighted by Crippen LogP contribution is 2.09. The topological polar surface area (TPSA) is 47.4 Å². The normalized spacial score (nSPS) is 17.5. The average Bonchev–Trinajstić information content (AvgIpc) is 2.50. The summed E-state index contributed by atoms with van der Waals surface area (Å²) in [7, 11) is 1.70. The summed E-state index contributed by atoms with van der Waals surface area (Å²) in [6.07, 6.45) is 2.54. The second-order valence-corrected chi connectivity index (χ2v) is 3.65. The molecule has 0 atom stereocenters. The van der Waals surface area contributed by atoms with Crippen LogP contribution in [0.15, 0.2) is 17.2 Å². The van der Waals surface area contributed by atoms with Gasteiger partial charge in [0.1, 0.15) is 5.82 Å². The molecule has 5 heteroatoms. The van der Waals surface area contributed by atoms with E-state index in [0.717, 1.165) is 31.9 Å². The molecule has 0 aromatic carbocycles. The zero-order chi connectivity index (χ0) is 10.7. The number of hydrogen-bond acceptors (Lipinski definition) is 4. The summed E-state index contributed by atoms with van der Waals surface area (Å²) in [4.78, 5) is 17.8. The summed E-state index contributed by atoms with van der Waals surface area (Å²) in [6, 6.07) is 1.57. The fourth-order valence-electron chi connectivity index (χ4n) is 1.60. The third-order valence-corrected chi connectivity index (χ3v) is 2.51. The molecule has 0 aliphatic carbocycles. The molecule has 0 bridgehead atoms. The Kier molecular flexibility index (Phi) is 3.01. The molecule has 1 aliphatic rings. The standard InChI is InChI=1S/C10H15N3O2/c1-12-8-11-9(7-10(12)14)13-3-2-5-15-6-4-13/h7-8H,2-6H2,1H3. The highest BCUT2D eigenvalue weighted by atomic mass is 16.5. The summed E-state index contributed by atoms with van der Waals surface area (Å²) in [5.41, 5.74) is -0.0230. The van der Waals surface area contributed by atoms with Crippen LogP contribution in [0.2, 0.25) is 0 Å². The Morgan fingerprint density at radius 1 is 1.40 bits per heavy atom. The Hall–Kier alpha value is -1.36.